The largest absolute Gasteiger partial charge is 0.508 e. The first-order valence-corrected chi connectivity index (χ1v) is 3.62. The van der Waals surface area contributed by atoms with Crippen molar-refractivity contribution in [2.45, 2.75) is 6.17 Å². The number of para-hydroxylation sites is 1. The Balaban J connectivity index is 3.02. The SMILES string of the molecule is O=C(Cl)C(F)c1ccccc1O. The van der Waals surface area contributed by atoms with Gasteiger partial charge in [-0.3, -0.25) is 4.79 Å². The van der Waals surface area contributed by atoms with Gasteiger partial charge in [-0.05, 0) is 17.7 Å². The summed E-state index contributed by atoms with van der Waals surface area (Å²) >= 11 is 4.91. The van der Waals surface area contributed by atoms with Gasteiger partial charge in [0.2, 0.25) is 6.17 Å². The van der Waals surface area contributed by atoms with Gasteiger partial charge in [-0.2, -0.15) is 0 Å². The molecule has 1 aromatic rings. The van der Waals surface area contributed by atoms with Crippen LogP contribution in [0.2, 0.25) is 0 Å². The summed E-state index contributed by atoms with van der Waals surface area (Å²) in [5, 5.41) is 7.95. The predicted molar refractivity (Wildman–Crippen MR) is 42.8 cm³/mol. The minimum absolute atomic E-state index is 0.0995. The van der Waals surface area contributed by atoms with Crippen molar-refractivity contribution in [3.05, 3.63) is 29.8 Å². The summed E-state index contributed by atoms with van der Waals surface area (Å²) in [6.45, 7) is 0. The van der Waals surface area contributed by atoms with E-state index in [9.17, 15) is 9.18 Å². The zero-order chi connectivity index (χ0) is 9.14. The minimum Gasteiger partial charge on any atom is -0.508 e. The maximum Gasteiger partial charge on any atom is 0.260 e. The van der Waals surface area contributed by atoms with Gasteiger partial charge in [0, 0.05) is 5.56 Å². The van der Waals surface area contributed by atoms with E-state index in [1.54, 1.807) is 0 Å². The van der Waals surface area contributed by atoms with Crippen LogP contribution < -0.4 is 0 Å². The molecular formula is C8H6ClFO2. The Kier molecular flexibility index (Phi) is 2.65. The predicted octanol–water partition coefficient (Wildman–Crippen LogP) is 2.17. The Morgan fingerprint density at radius 1 is 1.50 bits per heavy atom. The van der Waals surface area contributed by atoms with Crippen LogP contribution in [0.15, 0.2) is 24.3 Å². The second-order valence-corrected chi connectivity index (χ2v) is 2.60. The lowest BCUT2D eigenvalue weighted by Gasteiger charge is -2.04. The molecule has 1 atom stereocenters. The molecule has 0 amide bonds. The summed E-state index contributed by atoms with van der Waals surface area (Å²) in [4.78, 5) is 10.4. The van der Waals surface area contributed by atoms with Crippen LogP contribution in [0.4, 0.5) is 4.39 Å². The average molecular weight is 189 g/mol. The molecule has 1 rings (SSSR count). The van der Waals surface area contributed by atoms with Gasteiger partial charge in [-0.15, -0.1) is 0 Å². The molecule has 0 aliphatic rings. The van der Waals surface area contributed by atoms with E-state index in [-0.39, 0.29) is 11.3 Å². The van der Waals surface area contributed by atoms with E-state index in [0.29, 0.717) is 0 Å². The maximum absolute atomic E-state index is 12.9. The van der Waals surface area contributed by atoms with Crippen molar-refractivity contribution < 1.29 is 14.3 Å². The van der Waals surface area contributed by atoms with Crippen molar-refractivity contribution in [2.75, 3.05) is 0 Å². The molecule has 0 saturated carbocycles. The molecule has 0 saturated heterocycles. The van der Waals surface area contributed by atoms with E-state index in [2.05, 4.69) is 0 Å². The quantitative estimate of drug-likeness (QED) is 0.723. The number of rotatable bonds is 2. The smallest absolute Gasteiger partial charge is 0.260 e. The highest BCUT2D eigenvalue weighted by atomic mass is 35.5. The fraction of sp³-hybridized carbons (Fsp3) is 0.125. The molecule has 0 aliphatic heterocycles. The summed E-state index contributed by atoms with van der Waals surface area (Å²) in [5.74, 6) is -0.265. The highest BCUT2D eigenvalue weighted by Gasteiger charge is 2.19. The van der Waals surface area contributed by atoms with E-state index in [1.165, 1.54) is 24.3 Å². The number of phenolic OH excluding ortho intramolecular Hbond substituents is 1. The number of alkyl halides is 1. The van der Waals surface area contributed by atoms with Gasteiger partial charge in [0.25, 0.3) is 5.24 Å². The van der Waals surface area contributed by atoms with E-state index in [0.717, 1.165) is 0 Å². The molecule has 64 valence electrons. The van der Waals surface area contributed by atoms with Crippen LogP contribution in [0.5, 0.6) is 5.75 Å². The Morgan fingerprint density at radius 2 is 2.08 bits per heavy atom. The lowest BCUT2D eigenvalue weighted by atomic mass is 10.1. The van der Waals surface area contributed by atoms with Crippen LogP contribution in [0.25, 0.3) is 0 Å². The van der Waals surface area contributed by atoms with Crippen LogP contribution in [0.3, 0.4) is 0 Å². The third-order valence-electron chi connectivity index (χ3n) is 1.41. The number of carbonyl (C=O) groups is 1. The summed E-state index contributed by atoms with van der Waals surface area (Å²) in [7, 11) is 0. The van der Waals surface area contributed by atoms with Crippen molar-refractivity contribution in [1.82, 2.24) is 0 Å². The Morgan fingerprint density at radius 3 is 2.58 bits per heavy atom. The van der Waals surface area contributed by atoms with Crippen LogP contribution in [-0.4, -0.2) is 10.3 Å². The summed E-state index contributed by atoms with van der Waals surface area (Å²) < 4.78 is 12.9. The van der Waals surface area contributed by atoms with Gasteiger partial charge >= 0.3 is 0 Å². The number of hydrogen-bond acceptors (Lipinski definition) is 2. The molecule has 2 nitrogen and oxygen atoms in total. The van der Waals surface area contributed by atoms with Gasteiger partial charge < -0.3 is 5.11 Å². The highest BCUT2D eigenvalue weighted by molar-refractivity contribution is 6.64. The third-order valence-corrected chi connectivity index (χ3v) is 1.60. The number of hydrogen-bond donors (Lipinski definition) is 1. The van der Waals surface area contributed by atoms with Crippen molar-refractivity contribution in [2.24, 2.45) is 0 Å². The van der Waals surface area contributed by atoms with Crippen molar-refractivity contribution >= 4 is 16.8 Å². The molecule has 1 aromatic carbocycles. The topological polar surface area (TPSA) is 37.3 Å². The number of halogens is 2. The van der Waals surface area contributed by atoms with Crippen molar-refractivity contribution in [3.63, 3.8) is 0 Å². The van der Waals surface area contributed by atoms with E-state index < -0.39 is 11.4 Å². The van der Waals surface area contributed by atoms with E-state index >= 15 is 0 Å². The number of aromatic hydroxyl groups is 1. The normalized spacial score (nSPS) is 12.5. The first-order valence-electron chi connectivity index (χ1n) is 3.24. The second kappa shape index (κ2) is 3.54. The van der Waals surface area contributed by atoms with Gasteiger partial charge in [0.1, 0.15) is 5.75 Å². The van der Waals surface area contributed by atoms with Crippen molar-refractivity contribution in [3.8, 4) is 5.75 Å². The molecule has 0 aromatic heterocycles. The van der Waals surface area contributed by atoms with Gasteiger partial charge in [-0.25, -0.2) is 4.39 Å². The van der Waals surface area contributed by atoms with Crippen molar-refractivity contribution in [1.29, 1.82) is 0 Å². The number of phenols is 1. The molecule has 0 bridgehead atoms. The van der Waals surface area contributed by atoms with Crippen LogP contribution in [0, 0.1) is 0 Å². The molecule has 0 aliphatic carbocycles. The van der Waals surface area contributed by atoms with Gasteiger partial charge in [0.15, 0.2) is 0 Å². The van der Waals surface area contributed by atoms with E-state index in [4.69, 9.17) is 16.7 Å². The van der Waals surface area contributed by atoms with E-state index in [1.807, 2.05) is 0 Å². The third kappa shape index (κ3) is 1.74. The lowest BCUT2D eigenvalue weighted by molar-refractivity contribution is -0.116. The molecule has 0 fully saturated rings. The minimum atomic E-state index is -1.95. The average Bonchev–Trinajstić information content (AvgIpc) is 2.04. The monoisotopic (exact) mass is 188 g/mol. The van der Waals surface area contributed by atoms with Crippen LogP contribution in [0.1, 0.15) is 11.7 Å². The lowest BCUT2D eigenvalue weighted by Crippen LogP contribution is -1.99. The van der Waals surface area contributed by atoms with Crippen LogP contribution >= 0.6 is 11.6 Å². The van der Waals surface area contributed by atoms with Crippen LogP contribution in [-0.2, 0) is 4.79 Å². The molecule has 0 heterocycles. The zero-order valence-electron chi connectivity index (χ0n) is 6.00. The highest BCUT2D eigenvalue weighted by Crippen LogP contribution is 2.27. The van der Waals surface area contributed by atoms with Gasteiger partial charge in [-0.1, -0.05) is 18.2 Å². The Bertz CT molecular complexity index is 301. The molecule has 0 radical (unpaired) electrons. The molecule has 4 heteroatoms. The molecule has 1 N–H and O–H groups in total. The summed E-state index contributed by atoms with van der Waals surface area (Å²) in [6.07, 6.45) is -1.95. The maximum atomic E-state index is 12.9. The Hall–Kier alpha value is -1.09. The zero-order valence-corrected chi connectivity index (χ0v) is 6.75. The van der Waals surface area contributed by atoms with Gasteiger partial charge in [0.05, 0.1) is 0 Å². The number of carbonyl (C=O) groups excluding carboxylic acids is 1. The molecule has 0 spiro atoms. The number of benzene rings is 1. The summed E-state index contributed by atoms with van der Waals surface area (Å²) in [5.41, 5.74) is -0.0995. The standard InChI is InChI=1S/C8H6ClFO2/c9-8(12)7(10)5-3-1-2-4-6(5)11/h1-4,7,11H. The first kappa shape index (κ1) is 9.00. The molecule has 12 heavy (non-hydrogen) atoms. The summed E-state index contributed by atoms with van der Waals surface area (Å²) in [6, 6.07) is 5.65. The Labute approximate surface area is 73.6 Å². The second-order valence-electron chi connectivity index (χ2n) is 2.23. The fourth-order valence-electron chi connectivity index (χ4n) is 0.824. The molecule has 1 unspecified atom stereocenters. The molecular weight excluding hydrogens is 183 g/mol. The fourth-order valence-corrected chi connectivity index (χ4v) is 0.942. The first-order chi connectivity index (χ1) is 5.63.